The number of nitrogens with one attached hydrogen (secondary N) is 2. The van der Waals surface area contributed by atoms with Gasteiger partial charge in [0.05, 0.1) is 11.5 Å². The highest BCUT2D eigenvalue weighted by Gasteiger charge is 2.18. The molecule has 2 aromatic rings. The number of benzene rings is 2. The third-order valence-electron chi connectivity index (χ3n) is 6.13. The summed E-state index contributed by atoms with van der Waals surface area (Å²) in [5.41, 5.74) is 2.88. The second-order valence-electron chi connectivity index (χ2n) is 8.99. The molecule has 1 aliphatic rings. The van der Waals surface area contributed by atoms with Crippen LogP contribution >= 0.6 is 0 Å². The van der Waals surface area contributed by atoms with Crippen molar-refractivity contribution in [2.24, 2.45) is 11.1 Å². The molecule has 2 aromatic carbocycles. The van der Waals surface area contributed by atoms with Crippen molar-refractivity contribution in [1.82, 2.24) is 10.6 Å². The number of hydrogen-bond donors (Lipinski definition) is 3. The molecule has 0 spiro atoms. The Kier molecular flexibility index (Phi) is 9.93. The lowest BCUT2D eigenvalue weighted by Gasteiger charge is -2.21. The lowest BCUT2D eigenvalue weighted by Crippen LogP contribution is -2.32. The Morgan fingerprint density at radius 3 is 2.47 bits per heavy atom. The number of hydrogen-bond acceptors (Lipinski definition) is 7. The summed E-state index contributed by atoms with van der Waals surface area (Å²) in [7, 11) is 0. The SMILES string of the molecule is Cc1ccc(C(=NOCC(=O)NCC2CCCCC2)c2ccc([N+](=O)[O-])c(CNCC(=O)O)c2)cc1. The summed E-state index contributed by atoms with van der Waals surface area (Å²) in [6.45, 7) is 1.99. The quantitative estimate of drug-likeness (QED) is 0.232. The van der Waals surface area contributed by atoms with Gasteiger partial charge in [0.2, 0.25) is 0 Å². The predicted octanol–water partition coefficient (Wildman–Crippen LogP) is 3.54. The summed E-state index contributed by atoms with van der Waals surface area (Å²) in [4.78, 5) is 39.5. The number of rotatable bonds is 12. The molecular formula is C26H32N4O6. The number of aryl methyl sites for hydroxylation is 1. The summed E-state index contributed by atoms with van der Waals surface area (Å²) in [6.07, 6.45) is 5.90. The summed E-state index contributed by atoms with van der Waals surface area (Å²) in [6, 6.07) is 12.0. The molecule has 0 saturated heterocycles. The van der Waals surface area contributed by atoms with Gasteiger partial charge in [0.25, 0.3) is 11.6 Å². The highest BCUT2D eigenvalue weighted by Crippen LogP contribution is 2.24. The van der Waals surface area contributed by atoms with Crippen molar-refractivity contribution in [2.75, 3.05) is 19.7 Å². The van der Waals surface area contributed by atoms with Gasteiger partial charge in [-0.2, -0.15) is 0 Å². The van der Waals surface area contributed by atoms with E-state index in [0.717, 1.165) is 18.4 Å². The lowest BCUT2D eigenvalue weighted by molar-refractivity contribution is -0.385. The Morgan fingerprint density at radius 1 is 1.11 bits per heavy atom. The van der Waals surface area contributed by atoms with Gasteiger partial charge in [-0.3, -0.25) is 19.7 Å². The van der Waals surface area contributed by atoms with Crippen molar-refractivity contribution in [3.05, 3.63) is 74.8 Å². The van der Waals surface area contributed by atoms with Crippen LogP contribution < -0.4 is 10.6 Å². The van der Waals surface area contributed by atoms with Crippen LogP contribution in [0.4, 0.5) is 5.69 Å². The fraction of sp³-hybridized carbons (Fsp3) is 0.423. The maximum atomic E-state index is 12.3. The predicted molar refractivity (Wildman–Crippen MR) is 135 cm³/mol. The third-order valence-corrected chi connectivity index (χ3v) is 6.13. The number of amides is 1. The van der Waals surface area contributed by atoms with Gasteiger partial charge in [0.15, 0.2) is 6.61 Å². The van der Waals surface area contributed by atoms with Crippen LogP contribution in [-0.2, 0) is 21.0 Å². The minimum Gasteiger partial charge on any atom is -0.480 e. The molecule has 0 aliphatic heterocycles. The van der Waals surface area contributed by atoms with E-state index in [2.05, 4.69) is 15.8 Å². The van der Waals surface area contributed by atoms with Crippen LogP contribution in [0.5, 0.6) is 0 Å². The van der Waals surface area contributed by atoms with Gasteiger partial charge in [-0.05, 0) is 37.8 Å². The summed E-state index contributed by atoms with van der Waals surface area (Å²) in [5.74, 6) is -0.816. The van der Waals surface area contributed by atoms with Crippen molar-refractivity contribution in [3.8, 4) is 0 Å². The number of carbonyl (C=O) groups excluding carboxylic acids is 1. The van der Waals surface area contributed by atoms with Crippen molar-refractivity contribution in [3.63, 3.8) is 0 Å². The van der Waals surface area contributed by atoms with E-state index in [4.69, 9.17) is 9.94 Å². The second-order valence-corrected chi connectivity index (χ2v) is 8.99. The standard InChI is InChI=1S/C26H32N4O6/c1-18-7-9-20(10-8-18)26(29-36-17-24(31)28-14-19-5-3-2-4-6-19)21-11-12-23(30(34)35)22(13-21)15-27-16-25(32)33/h7-13,19,27H,2-6,14-17H2,1H3,(H,28,31)(H,32,33). The van der Waals surface area contributed by atoms with Crippen LogP contribution in [0, 0.1) is 23.0 Å². The molecule has 1 aliphatic carbocycles. The van der Waals surface area contributed by atoms with E-state index in [0.29, 0.717) is 34.9 Å². The van der Waals surface area contributed by atoms with E-state index in [1.54, 1.807) is 12.1 Å². The molecule has 0 bridgehead atoms. The zero-order chi connectivity index (χ0) is 25.9. The van der Waals surface area contributed by atoms with E-state index in [1.807, 2.05) is 31.2 Å². The Bertz CT molecular complexity index is 1090. The Balaban J connectivity index is 1.78. The molecule has 1 amide bonds. The summed E-state index contributed by atoms with van der Waals surface area (Å²) >= 11 is 0. The number of carbonyl (C=O) groups is 2. The molecule has 3 rings (SSSR count). The van der Waals surface area contributed by atoms with E-state index in [9.17, 15) is 19.7 Å². The third kappa shape index (κ3) is 8.16. The van der Waals surface area contributed by atoms with E-state index >= 15 is 0 Å². The van der Waals surface area contributed by atoms with Gasteiger partial charge in [-0.1, -0.05) is 54.2 Å². The Morgan fingerprint density at radius 2 is 1.81 bits per heavy atom. The zero-order valence-electron chi connectivity index (χ0n) is 20.4. The molecule has 0 aromatic heterocycles. The number of oxime groups is 1. The van der Waals surface area contributed by atoms with Crippen LogP contribution in [0.1, 0.15) is 54.4 Å². The largest absolute Gasteiger partial charge is 0.480 e. The molecule has 0 heterocycles. The first-order chi connectivity index (χ1) is 17.3. The van der Waals surface area contributed by atoms with Gasteiger partial charge in [0, 0.05) is 35.8 Å². The number of nitrogens with zero attached hydrogens (tertiary/aromatic N) is 2. The van der Waals surface area contributed by atoms with Crippen LogP contribution in [0.15, 0.2) is 47.6 Å². The summed E-state index contributed by atoms with van der Waals surface area (Å²) in [5, 5.41) is 30.2. The van der Waals surface area contributed by atoms with Crippen LogP contribution in [0.2, 0.25) is 0 Å². The minimum atomic E-state index is -1.06. The number of carboxylic acid groups (broad SMARTS) is 1. The molecule has 0 unspecified atom stereocenters. The molecule has 10 heteroatoms. The molecule has 3 N–H and O–H groups in total. The van der Waals surface area contributed by atoms with Crippen molar-refractivity contribution >= 4 is 23.3 Å². The number of aliphatic carboxylic acids is 1. The second kappa shape index (κ2) is 13.3. The minimum absolute atomic E-state index is 0.0118. The Hall–Kier alpha value is -3.79. The first-order valence-electron chi connectivity index (χ1n) is 12.1. The van der Waals surface area contributed by atoms with Crippen LogP contribution in [-0.4, -0.2) is 47.3 Å². The number of nitro benzene ring substituents is 1. The van der Waals surface area contributed by atoms with Crippen molar-refractivity contribution in [2.45, 2.75) is 45.6 Å². The molecule has 1 saturated carbocycles. The fourth-order valence-corrected chi connectivity index (χ4v) is 4.20. The van der Waals surface area contributed by atoms with E-state index < -0.39 is 10.9 Å². The van der Waals surface area contributed by atoms with Gasteiger partial charge >= 0.3 is 5.97 Å². The Labute approximate surface area is 209 Å². The highest BCUT2D eigenvalue weighted by molar-refractivity contribution is 6.12. The average molecular weight is 497 g/mol. The molecule has 1 fully saturated rings. The monoisotopic (exact) mass is 496 g/mol. The normalized spacial score (nSPS) is 14.3. The maximum Gasteiger partial charge on any atom is 0.317 e. The van der Waals surface area contributed by atoms with Crippen LogP contribution in [0.25, 0.3) is 0 Å². The molecule has 0 atom stereocenters. The smallest absolute Gasteiger partial charge is 0.317 e. The lowest BCUT2D eigenvalue weighted by atomic mass is 9.89. The molecule has 0 radical (unpaired) electrons. The van der Waals surface area contributed by atoms with Gasteiger partial charge in [-0.25, -0.2) is 0 Å². The van der Waals surface area contributed by atoms with Crippen molar-refractivity contribution < 1.29 is 24.5 Å². The molecule has 192 valence electrons. The molecular weight excluding hydrogens is 464 g/mol. The average Bonchev–Trinajstić information content (AvgIpc) is 2.86. The zero-order valence-corrected chi connectivity index (χ0v) is 20.4. The van der Waals surface area contributed by atoms with Gasteiger partial charge < -0.3 is 20.6 Å². The van der Waals surface area contributed by atoms with E-state index in [1.165, 1.54) is 25.3 Å². The molecule has 10 nitrogen and oxygen atoms in total. The van der Waals surface area contributed by atoms with Gasteiger partial charge in [0.1, 0.15) is 5.71 Å². The summed E-state index contributed by atoms with van der Waals surface area (Å²) < 4.78 is 0. The first kappa shape index (κ1) is 26.8. The highest BCUT2D eigenvalue weighted by atomic mass is 16.6. The van der Waals surface area contributed by atoms with Gasteiger partial charge in [-0.15, -0.1) is 0 Å². The number of nitro groups is 1. The topological polar surface area (TPSA) is 143 Å². The molecule has 36 heavy (non-hydrogen) atoms. The van der Waals surface area contributed by atoms with Crippen LogP contribution in [0.3, 0.4) is 0 Å². The maximum absolute atomic E-state index is 12.3. The van der Waals surface area contributed by atoms with E-state index in [-0.39, 0.29) is 31.3 Å². The van der Waals surface area contributed by atoms with Crippen molar-refractivity contribution in [1.29, 1.82) is 0 Å². The first-order valence-corrected chi connectivity index (χ1v) is 12.1. The number of carboxylic acids is 1. The fourth-order valence-electron chi connectivity index (χ4n) is 4.20.